The van der Waals surface area contributed by atoms with Crippen molar-refractivity contribution in [3.05, 3.63) is 75.6 Å². The molecule has 1 aliphatic rings. The zero-order chi connectivity index (χ0) is 19.7. The first-order valence-electron chi connectivity index (χ1n) is 9.35. The van der Waals surface area contributed by atoms with Crippen LogP contribution in [0.25, 0.3) is 11.0 Å². The Morgan fingerprint density at radius 3 is 2.50 bits per heavy atom. The number of piperazine rings is 1. The average Bonchev–Trinajstić information content (AvgIpc) is 2.72. The van der Waals surface area contributed by atoms with Crippen LogP contribution in [0, 0.1) is 6.92 Å². The summed E-state index contributed by atoms with van der Waals surface area (Å²) in [6, 6.07) is 14.2. The maximum Gasteiger partial charge on any atom is 0.336 e. The first kappa shape index (κ1) is 18.3. The van der Waals surface area contributed by atoms with Crippen molar-refractivity contribution >= 4 is 16.9 Å². The first-order valence-corrected chi connectivity index (χ1v) is 9.35. The summed E-state index contributed by atoms with van der Waals surface area (Å²) in [4.78, 5) is 28.7. The van der Waals surface area contributed by atoms with E-state index in [4.69, 9.17) is 4.42 Å². The third-order valence-corrected chi connectivity index (χ3v) is 5.29. The Balaban J connectivity index is 1.49. The highest BCUT2D eigenvalue weighted by molar-refractivity contribution is 5.94. The highest BCUT2D eigenvalue weighted by Gasteiger charge is 2.23. The lowest BCUT2D eigenvalue weighted by Gasteiger charge is -2.35. The maximum absolute atomic E-state index is 12.6. The van der Waals surface area contributed by atoms with Crippen molar-refractivity contribution < 1.29 is 14.3 Å². The molecule has 0 spiro atoms. The summed E-state index contributed by atoms with van der Waals surface area (Å²) in [7, 11) is 0. The number of amides is 1. The molecule has 4 rings (SSSR count). The van der Waals surface area contributed by atoms with E-state index in [-0.39, 0.29) is 11.7 Å². The number of benzene rings is 2. The van der Waals surface area contributed by atoms with Crippen molar-refractivity contribution in [3.63, 3.8) is 0 Å². The third-order valence-electron chi connectivity index (χ3n) is 5.29. The fourth-order valence-electron chi connectivity index (χ4n) is 3.66. The van der Waals surface area contributed by atoms with Crippen LogP contribution in [0.5, 0.6) is 5.75 Å². The van der Waals surface area contributed by atoms with Crippen molar-refractivity contribution in [1.29, 1.82) is 0 Å². The van der Waals surface area contributed by atoms with Crippen LogP contribution < -0.4 is 5.63 Å². The van der Waals surface area contributed by atoms with Crippen LogP contribution in [0.1, 0.15) is 21.5 Å². The molecule has 1 amide bonds. The molecule has 1 aliphatic heterocycles. The molecule has 28 heavy (non-hydrogen) atoms. The normalized spacial score (nSPS) is 15.1. The number of fused-ring (bicyclic) bond motifs is 1. The van der Waals surface area contributed by atoms with Crippen LogP contribution in [0.2, 0.25) is 0 Å². The van der Waals surface area contributed by atoms with E-state index in [1.165, 1.54) is 6.07 Å². The van der Waals surface area contributed by atoms with Crippen LogP contribution in [0.3, 0.4) is 0 Å². The lowest BCUT2D eigenvalue weighted by atomic mass is 10.1. The van der Waals surface area contributed by atoms with Crippen LogP contribution in [0.4, 0.5) is 0 Å². The molecule has 3 aromatic rings. The molecule has 1 aromatic heterocycles. The van der Waals surface area contributed by atoms with Gasteiger partial charge in [0.25, 0.3) is 5.91 Å². The lowest BCUT2D eigenvalue weighted by Crippen LogP contribution is -2.48. The fourth-order valence-corrected chi connectivity index (χ4v) is 3.66. The molecule has 0 saturated carbocycles. The Morgan fingerprint density at radius 1 is 1.07 bits per heavy atom. The first-order chi connectivity index (χ1) is 13.5. The quantitative estimate of drug-likeness (QED) is 0.710. The smallest absolute Gasteiger partial charge is 0.336 e. The third kappa shape index (κ3) is 3.51. The number of nitrogens with zero attached hydrogens (tertiary/aromatic N) is 2. The predicted octanol–water partition coefficient (Wildman–Crippen LogP) is 2.77. The number of carbonyl (C=O) groups is 1. The van der Waals surface area contributed by atoms with E-state index < -0.39 is 5.63 Å². The van der Waals surface area contributed by atoms with Gasteiger partial charge in [-0.15, -0.1) is 0 Å². The minimum absolute atomic E-state index is 0.0529. The average molecular weight is 378 g/mol. The monoisotopic (exact) mass is 378 g/mol. The Morgan fingerprint density at radius 2 is 1.79 bits per heavy atom. The van der Waals surface area contributed by atoms with Gasteiger partial charge in [-0.2, -0.15) is 0 Å². The van der Waals surface area contributed by atoms with Crippen molar-refractivity contribution in [2.24, 2.45) is 0 Å². The van der Waals surface area contributed by atoms with E-state index in [0.717, 1.165) is 24.0 Å². The second kappa shape index (κ2) is 7.48. The van der Waals surface area contributed by atoms with E-state index in [2.05, 4.69) is 4.90 Å². The van der Waals surface area contributed by atoms with E-state index in [1.807, 2.05) is 35.2 Å². The van der Waals surface area contributed by atoms with Gasteiger partial charge in [0, 0.05) is 55.3 Å². The van der Waals surface area contributed by atoms with Gasteiger partial charge in [0.15, 0.2) is 0 Å². The molecule has 0 atom stereocenters. The van der Waals surface area contributed by atoms with Gasteiger partial charge < -0.3 is 14.4 Å². The number of hydrogen-bond donors (Lipinski definition) is 1. The number of rotatable bonds is 3. The van der Waals surface area contributed by atoms with Crippen molar-refractivity contribution in [3.8, 4) is 5.75 Å². The number of carbonyl (C=O) groups excluding carboxylic acids is 1. The zero-order valence-electron chi connectivity index (χ0n) is 15.7. The summed E-state index contributed by atoms with van der Waals surface area (Å²) < 4.78 is 5.31. The molecule has 2 heterocycles. The number of aryl methyl sites for hydroxylation is 1. The highest BCUT2D eigenvalue weighted by Crippen LogP contribution is 2.28. The Labute approximate surface area is 162 Å². The Kier molecular flexibility index (Phi) is 4.88. The van der Waals surface area contributed by atoms with E-state index in [9.17, 15) is 14.7 Å². The molecule has 1 N–H and O–H groups in total. The number of aromatic hydroxyl groups is 1. The molecule has 6 nitrogen and oxygen atoms in total. The lowest BCUT2D eigenvalue weighted by molar-refractivity contribution is 0.0629. The topological polar surface area (TPSA) is 74.0 Å². The van der Waals surface area contributed by atoms with Crippen molar-refractivity contribution in [2.75, 3.05) is 26.2 Å². The van der Waals surface area contributed by atoms with Gasteiger partial charge in [0.2, 0.25) is 0 Å². The molecule has 0 bridgehead atoms. The van der Waals surface area contributed by atoms with E-state index in [0.29, 0.717) is 36.3 Å². The molecule has 1 fully saturated rings. The van der Waals surface area contributed by atoms with Gasteiger partial charge in [-0.3, -0.25) is 9.69 Å². The SMILES string of the molecule is Cc1c(O)ccc2c(CN3CCN(C(=O)c4ccccc4)CC3)cc(=O)oc12. The van der Waals surface area contributed by atoms with E-state index >= 15 is 0 Å². The molecule has 0 unspecified atom stereocenters. The largest absolute Gasteiger partial charge is 0.508 e. The van der Waals surface area contributed by atoms with Gasteiger partial charge in [-0.1, -0.05) is 18.2 Å². The molecule has 6 heteroatoms. The summed E-state index contributed by atoms with van der Waals surface area (Å²) in [6.45, 7) is 5.09. The summed E-state index contributed by atoms with van der Waals surface area (Å²) in [5.74, 6) is 0.165. The number of hydrogen-bond acceptors (Lipinski definition) is 5. The van der Waals surface area contributed by atoms with Crippen LogP contribution in [0.15, 0.2) is 57.7 Å². The van der Waals surface area contributed by atoms with Gasteiger partial charge in [0.1, 0.15) is 11.3 Å². The number of phenolic OH excluding ortho intramolecular Hbond substituents is 1. The molecule has 0 aliphatic carbocycles. The summed E-state index contributed by atoms with van der Waals surface area (Å²) in [5.41, 5.74) is 2.15. The minimum Gasteiger partial charge on any atom is -0.508 e. The zero-order valence-corrected chi connectivity index (χ0v) is 15.7. The van der Waals surface area contributed by atoms with Gasteiger partial charge >= 0.3 is 5.63 Å². The fraction of sp³-hybridized carbons (Fsp3) is 0.273. The molecular formula is C22H22N2O4. The van der Waals surface area contributed by atoms with Gasteiger partial charge in [-0.05, 0) is 36.8 Å². The highest BCUT2D eigenvalue weighted by atomic mass is 16.4. The standard InChI is InChI=1S/C22H22N2O4/c1-15-19(25)8-7-18-17(13-20(26)28-21(15)18)14-23-9-11-24(12-10-23)22(27)16-5-3-2-4-6-16/h2-8,13,25H,9-12,14H2,1H3. The molecule has 144 valence electrons. The maximum atomic E-state index is 12.6. The second-order valence-corrected chi connectivity index (χ2v) is 7.11. The summed E-state index contributed by atoms with van der Waals surface area (Å²) in [5, 5.41) is 10.7. The molecular weight excluding hydrogens is 356 g/mol. The van der Waals surface area contributed by atoms with Crippen LogP contribution in [-0.4, -0.2) is 47.0 Å². The van der Waals surface area contributed by atoms with Crippen LogP contribution in [-0.2, 0) is 6.54 Å². The van der Waals surface area contributed by atoms with Gasteiger partial charge in [-0.25, -0.2) is 4.79 Å². The van der Waals surface area contributed by atoms with Crippen molar-refractivity contribution in [1.82, 2.24) is 9.80 Å². The van der Waals surface area contributed by atoms with Gasteiger partial charge in [0.05, 0.1) is 0 Å². The summed E-state index contributed by atoms with van der Waals surface area (Å²) >= 11 is 0. The Hall–Kier alpha value is -3.12. The number of phenols is 1. The molecule has 2 aromatic carbocycles. The van der Waals surface area contributed by atoms with E-state index in [1.54, 1.807) is 19.1 Å². The summed E-state index contributed by atoms with van der Waals surface area (Å²) in [6.07, 6.45) is 0. The van der Waals surface area contributed by atoms with Crippen molar-refractivity contribution in [2.45, 2.75) is 13.5 Å². The second-order valence-electron chi connectivity index (χ2n) is 7.11. The Bertz CT molecular complexity index is 1070. The minimum atomic E-state index is -0.422. The molecule has 1 saturated heterocycles. The predicted molar refractivity (Wildman–Crippen MR) is 107 cm³/mol. The van der Waals surface area contributed by atoms with Crippen LogP contribution >= 0.6 is 0 Å². The molecule has 0 radical (unpaired) electrons.